The fourth-order valence-corrected chi connectivity index (χ4v) is 3.47. The summed E-state index contributed by atoms with van der Waals surface area (Å²) in [6.45, 7) is 1.13. The summed E-state index contributed by atoms with van der Waals surface area (Å²) in [6.07, 6.45) is -2.90. The molecule has 1 saturated heterocycles. The molecule has 0 radical (unpaired) electrons. The van der Waals surface area contributed by atoms with Gasteiger partial charge in [0.25, 0.3) is 0 Å². The Morgan fingerprint density at radius 1 is 1.30 bits per heavy atom. The second-order valence-corrected chi connectivity index (χ2v) is 7.21. The van der Waals surface area contributed by atoms with E-state index in [1.807, 2.05) is 0 Å². The number of nitrogens with zero attached hydrogens (tertiary/aromatic N) is 2. The maximum Gasteiger partial charge on any atom is 0.416 e. The van der Waals surface area contributed by atoms with Gasteiger partial charge in [-0.05, 0) is 29.8 Å². The lowest BCUT2D eigenvalue weighted by molar-refractivity contribution is -0.138. The van der Waals surface area contributed by atoms with E-state index in [0.717, 1.165) is 12.1 Å². The van der Waals surface area contributed by atoms with Crippen molar-refractivity contribution in [3.63, 3.8) is 0 Å². The molecule has 1 aliphatic heterocycles. The van der Waals surface area contributed by atoms with Crippen molar-refractivity contribution < 1.29 is 31.9 Å². The molecule has 1 aromatic heterocycles. The van der Waals surface area contributed by atoms with Gasteiger partial charge >= 0.3 is 6.18 Å². The molecule has 1 aliphatic rings. The molecule has 0 bridgehead atoms. The quantitative estimate of drug-likeness (QED) is 0.652. The van der Waals surface area contributed by atoms with Crippen LogP contribution in [0.3, 0.4) is 0 Å². The first-order valence-electron chi connectivity index (χ1n) is 9.52. The summed E-state index contributed by atoms with van der Waals surface area (Å²) < 4.78 is 49.2. The van der Waals surface area contributed by atoms with Crippen LogP contribution < -0.4 is 0 Å². The fourth-order valence-electron chi connectivity index (χ4n) is 3.47. The van der Waals surface area contributed by atoms with E-state index >= 15 is 0 Å². The molecule has 0 unspecified atom stereocenters. The molecule has 2 aromatic rings. The second-order valence-electron chi connectivity index (χ2n) is 7.21. The SMILES string of the molecule is COCCN(Cc1ccco1)C(=O)[C@H]1CC(=O)N(Cc2cccc(C(F)(F)F)c2)C1. The third-order valence-electron chi connectivity index (χ3n) is 5.00. The molecule has 1 aromatic carbocycles. The van der Waals surface area contributed by atoms with Crippen molar-refractivity contribution in [2.24, 2.45) is 5.92 Å². The zero-order valence-electron chi connectivity index (χ0n) is 16.5. The Bertz CT molecular complexity index is 867. The van der Waals surface area contributed by atoms with E-state index in [9.17, 15) is 22.8 Å². The summed E-state index contributed by atoms with van der Waals surface area (Å²) in [4.78, 5) is 28.4. The standard InChI is InChI=1S/C21H23F3N2O4/c1-29-9-7-25(14-18-6-3-8-30-18)20(28)16-11-19(27)26(13-16)12-15-4-2-5-17(10-15)21(22,23)24/h2-6,8,10,16H,7,9,11-14H2,1H3/t16-/m0/s1. The largest absolute Gasteiger partial charge is 0.467 e. The van der Waals surface area contributed by atoms with E-state index in [1.54, 1.807) is 23.1 Å². The third-order valence-corrected chi connectivity index (χ3v) is 5.00. The predicted molar refractivity (Wildman–Crippen MR) is 101 cm³/mol. The number of ether oxygens (including phenoxy) is 1. The van der Waals surface area contributed by atoms with E-state index in [-0.39, 0.29) is 37.9 Å². The van der Waals surface area contributed by atoms with Gasteiger partial charge in [-0.1, -0.05) is 12.1 Å². The van der Waals surface area contributed by atoms with Gasteiger partial charge in [0.05, 0.1) is 30.9 Å². The number of benzene rings is 1. The van der Waals surface area contributed by atoms with Gasteiger partial charge in [-0.15, -0.1) is 0 Å². The Kier molecular flexibility index (Phi) is 6.81. The highest BCUT2D eigenvalue weighted by molar-refractivity contribution is 5.89. The van der Waals surface area contributed by atoms with Crippen LogP contribution >= 0.6 is 0 Å². The molecule has 3 rings (SSSR count). The first-order valence-corrected chi connectivity index (χ1v) is 9.52. The van der Waals surface area contributed by atoms with Crippen molar-refractivity contribution in [1.82, 2.24) is 9.80 Å². The number of carbonyl (C=O) groups is 2. The maximum atomic E-state index is 13.0. The molecular formula is C21H23F3N2O4. The van der Waals surface area contributed by atoms with Crippen molar-refractivity contribution in [3.8, 4) is 0 Å². The number of methoxy groups -OCH3 is 1. The van der Waals surface area contributed by atoms with Crippen molar-refractivity contribution in [3.05, 3.63) is 59.5 Å². The Labute approximate surface area is 172 Å². The molecule has 1 fully saturated rings. The van der Waals surface area contributed by atoms with Crippen LogP contribution in [-0.4, -0.2) is 48.4 Å². The lowest BCUT2D eigenvalue weighted by Gasteiger charge is -2.24. The van der Waals surface area contributed by atoms with E-state index in [4.69, 9.17) is 9.15 Å². The smallest absolute Gasteiger partial charge is 0.416 e. The first-order chi connectivity index (χ1) is 14.3. The van der Waals surface area contributed by atoms with E-state index in [1.165, 1.54) is 24.3 Å². The zero-order chi connectivity index (χ0) is 21.7. The number of likely N-dealkylation sites (tertiary alicyclic amines) is 1. The highest BCUT2D eigenvalue weighted by Gasteiger charge is 2.37. The Morgan fingerprint density at radius 3 is 2.77 bits per heavy atom. The molecule has 1 atom stereocenters. The molecule has 2 heterocycles. The average molecular weight is 424 g/mol. The monoisotopic (exact) mass is 424 g/mol. The highest BCUT2D eigenvalue weighted by atomic mass is 19.4. The van der Waals surface area contributed by atoms with E-state index in [0.29, 0.717) is 24.5 Å². The molecule has 162 valence electrons. The average Bonchev–Trinajstić information content (AvgIpc) is 3.34. The van der Waals surface area contributed by atoms with Crippen LogP contribution in [0.15, 0.2) is 47.1 Å². The van der Waals surface area contributed by atoms with Crippen molar-refractivity contribution in [2.45, 2.75) is 25.7 Å². The van der Waals surface area contributed by atoms with Crippen LogP contribution in [0.5, 0.6) is 0 Å². The van der Waals surface area contributed by atoms with Crippen LogP contribution in [0, 0.1) is 5.92 Å². The summed E-state index contributed by atoms with van der Waals surface area (Å²) in [5.41, 5.74) is -0.387. The van der Waals surface area contributed by atoms with Gasteiger partial charge in [0.15, 0.2) is 0 Å². The minimum Gasteiger partial charge on any atom is -0.467 e. The third kappa shape index (κ3) is 5.41. The Morgan fingerprint density at radius 2 is 2.10 bits per heavy atom. The van der Waals surface area contributed by atoms with Gasteiger partial charge in [-0.25, -0.2) is 0 Å². The topological polar surface area (TPSA) is 63.0 Å². The summed E-state index contributed by atoms with van der Waals surface area (Å²) in [5.74, 6) is -0.404. The van der Waals surface area contributed by atoms with Gasteiger partial charge in [0, 0.05) is 33.2 Å². The summed E-state index contributed by atoms with van der Waals surface area (Å²) >= 11 is 0. The number of hydrogen-bond acceptors (Lipinski definition) is 4. The minimum atomic E-state index is -4.45. The maximum absolute atomic E-state index is 13.0. The lowest BCUT2D eigenvalue weighted by atomic mass is 10.1. The van der Waals surface area contributed by atoms with Crippen molar-refractivity contribution in [2.75, 3.05) is 26.8 Å². The van der Waals surface area contributed by atoms with Gasteiger partial charge in [0.2, 0.25) is 11.8 Å². The molecule has 30 heavy (non-hydrogen) atoms. The number of alkyl halides is 3. The molecule has 0 aliphatic carbocycles. The predicted octanol–water partition coefficient (Wildman–Crippen LogP) is 3.32. The number of amides is 2. The van der Waals surface area contributed by atoms with Gasteiger partial charge < -0.3 is 19.0 Å². The number of hydrogen-bond donors (Lipinski definition) is 0. The van der Waals surface area contributed by atoms with Crippen LogP contribution in [0.4, 0.5) is 13.2 Å². The number of furan rings is 1. The summed E-state index contributed by atoms with van der Waals surface area (Å²) in [5, 5.41) is 0. The number of halogens is 3. The van der Waals surface area contributed by atoms with Crippen molar-refractivity contribution >= 4 is 11.8 Å². The lowest BCUT2D eigenvalue weighted by Crippen LogP contribution is -2.38. The van der Waals surface area contributed by atoms with Crippen LogP contribution in [0.1, 0.15) is 23.3 Å². The van der Waals surface area contributed by atoms with E-state index < -0.39 is 17.7 Å². The van der Waals surface area contributed by atoms with E-state index in [2.05, 4.69) is 0 Å². The molecule has 0 spiro atoms. The van der Waals surface area contributed by atoms with Gasteiger partial charge in [-0.2, -0.15) is 13.2 Å². The molecule has 9 heteroatoms. The highest BCUT2D eigenvalue weighted by Crippen LogP contribution is 2.30. The normalized spacial score (nSPS) is 16.9. The fraction of sp³-hybridized carbons (Fsp3) is 0.429. The minimum absolute atomic E-state index is 0.0272. The Balaban J connectivity index is 1.66. The zero-order valence-corrected chi connectivity index (χ0v) is 16.5. The number of carbonyl (C=O) groups excluding carboxylic acids is 2. The molecular weight excluding hydrogens is 401 g/mol. The van der Waals surface area contributed by atoms with Gasteiger partial charge in [-0.3, -0.25) is 9.59 Å². The summed E-state index contributed by atoms with van der Waals surface area (Å²) in [6, 6.07) is 8.36. The molecule has 0 N–H and O–H groups in total. The van der Waals surface area contributed by atoms with Crippen LogP contribution in [0.2, 0.25) is 0 Å². The molecule has 6 nitrogen and oxygen atoms in total. The van der Waals surface area contributed by atoms with Crippen LogP contribution in [-0.2, 0) is 33.6 Å². The Hall–Kier alpha value is -2.81. The first kappa shape index (κ1) is 21.9. The summed E-state index contributed by atoms with van der Waals surface area (Å²) in [7, 11) is 1.53. The van der Waals surface area contributed by atoms with Crippen LogP contribution in [0.25, 0.3) is 0 Å². The van der Waals surface area contributed by atoms with Gasteiger partial charge in [0.1, 0.15) is 5.76 Å². The second kappa shape index (κ2) is 9.34. The molecule has 2 amide bonds. The number of rotatable bonds is 8. The van der Waals surface area contributed by atoms with Crippen molar-refractivity contribution in [1.29, 1.82) is 0 Å². The molecule has 0 saturated carbocycles.